The average molecular weight is 499 g/mol. The molecule has 4 nitrogen and oxygen atoms in total. The van der Waals surface area contributed by atoms with Crippen molar-refractivity contribution in [3.05, 3.63) is 120 Å². The molecule has 0 saturated heterocycles. The molecule has 2 atom stereocenters. The van der Waals surface area contributed by atoms with Crippen LogP contribution in [0.3, 0.4) is 0 Å². The lowest BCUT2D eigenvalue weighted by molar-refractivity contribution is 0.507. The first-order valence-electron chi connectivity index (χ1n) is 12.6. The van der Waals surface area contributed by atoms with Crippen LogP contribution in [-0.4, -0.2) is 9.55 Å². The van der Waals surface area contributed by atoms with Crippen LogP contribution < -0.4 is 10.6 Å². The monoisotopic (exact) mass is 498 g/mol. The molecule has 0 saturated carbocycles. The number of hydrogen-bond donors (Lipinski definition) is 3. The average Bonchev–Trinajstić information content (AvgIpc) is 3.49. The number of hydrogen-bond acceptors (Lipinski definition) is 2. The molecular weight excluding hydrogens is 476 g/mol. The summed E-state index contributed by atoms with van der Waals surface area (Å²) in [5.41, 5.74) is 7.86. The number of benzene rings is 5. The minimum atomic E-state index is -0.130. The zero-order chi connectivity index (χ0) is 24.5. The van der Waals surface area contributed by atoms with Gasteiger partial charge in [-0.15, -0.1) is 0 Å². The molecule has 0 aliphatic carbocycles. The second kappa shape index (κ2) is 7.79. The molecule has 7 aromatic rings. The Morgan fingerprint density at radius 1 is 0.595 bits per heavy atom. The molecular formula is C32H23ClN4. The van der Waals surface area contributed by atoms with Crippen LogP contribution in [0.15, 0.2) is 109 Å². The first kappa shape index (κ1) is 20.7. The highest BCUT2D eigenvalue weighted by atomic mass is 35.5. The van der Waals surface area contributed by atoms with Crippen molar-refractivity contribution in [1.82, 2.24) is 9.55 Å². The molecule has 1 aliphatic rings. The molecule has 3 heterocycles. The van der Waals surface area contributed by atoms with Crippen LogP contribution in [0.5, 0.6) is 0 Å². The van der Waals surface area contributed by atoms with Crippen LogP contribution >= 0.6 is 11.6 Å². The molecule has 1 aliphatic heterocycles. The maximum absolute atomic E-state index is 6.81. The molecule has 0 fully saturated rings. The summed E-state index contributed by atoms with van der Waals surface area (Å²) in [6.07, 6.45) is -0.130. The second-order valence-electron chi connectivity index (χ2n) is 9.72. The van der Waals surface area contributed by atoms with Crippen LogP contribution in [-0.2, 0) is 0 Å². The Hall–Kier alpha value is -4.41. The van der Waals surface area contributed by atoms with Crippen molar-refractivity contribution in [1.29, 1.82) is 0 Å². The van der Waals surface area contributed by atoms with Gasteiger partial charge in [0.1, 0.15) is 6.17 Å². The van der Waals surface area contributed by atoms with E-state index >= 15 is 0 Å². The zero-order valence-corrected chi connectivity index (χ0v) is 20.6. The predicted molar refractivity (Wildman–Crippen MR) is 156 cm³/mol. The number of nitrogens with zero attached hydrogens (tertiary/aromatic N) is 1. The van der Waals surface area contributed by atoms with Crippen LogP contribution in [0.25, 0.3) is 43.6 Å². The summed E-state index contributed by atoms with van der Waals surface area (Å²) in [7, 11) is 0. The minimum Gasteiger partial charge on any atom is -0.373 e. The summed E-state index contributed by atoms with van der Waals surface area (Å²) in [5.74, 6) is 0. The van der Waals surface area contributed by atoms with E-state index in [1.807, 2.05) is 12.1 Å². The number of aromatic amines is 1. The number of rotatable bonds is 2. The standard InChI is InChI=1S/C32H23ClN4/c33-24-12-4-1-11-23(24)30-32(36-27-15-7-6-14-26(27)35-30)37-28-16-8-3-10-20(28)22-18-17-21-19-9-2-5-13-25(19)34-29(21)31(22)37/h1-18,30,32,34-36H. The van der Waals surface area contributed by atoms with Gasteiger partial charge in [0.15, 0.2) is 0 Å². The number of H-pyrrole nitrogens is 1. The smallest absolute Gasteiger partial charge is 0.129 e. The summed E-state index contributed by atoms with van der Waals surface area (Å²) in [6, 6.07) is 38.1. The Bertz CT molecular complexity index is 1980. The van der Waals surface area contributed by atoms with Crippen molar-refractivity contribution in [2.75, 3.05) is 10.6 Å². The normalized spacial score (nSPS) is 17.2. The van der Waals surface area contributed by atoms with Gasteiger partial charge in [-0.25, -0.2) is 0 Å². The molecule has 37 heavy (non-hydrogen) atoms. The molecule has 0 spiro atoms. The third kappa shape index (κ3) is 2.96. The molecule has 2 unspecified atom stereocenters. The van der Waals surface area contributed by atoms with E-state index in [-0.39, 0.29) is 12.2 Å². The van der Waals surface area contributed by atoms with E-state index in [1.165, 1.54) is 32.6 Å². The lowest BCUT2D eigenvalue weighted by Crippen LogP contribution is -2.34. The van der Waals surface area contributed by atoms with Crippen LogP contribution in [0.4, 0.5) is 11.4 Å². The van der Waals surface area contributed by atoms with Gasteiger partial charge in [-0.3, -0.25) is 0 Å². The first-order chi connectivity index (χ1) is 18.3. The first-order valence-corrected chi connectivity index (χ1v) is 12.9. The Morgan fingerprint density at radius 2 is 1.27 bits per heavy atom. The number of halogens is 1. The van der Waals surface area contributed by atoms with Crippen LogP contribution in [0.1, 0.15) is 17.8 Å². The molecule has 3 N–H and O–H groups in total. The minimum absolute atomic E-state index is 0.0951. The van der Waals surface area contributed by atoms with Crippen LogP contribution in [0.2, 0.25) is 5.02 Å². The quantitative estimate of drug-likeness (QED) is 0.223. The van der Waals surface area contributed by atoms with E-state index in [4.69, 9.17) is 11.6 Å². The number of para-hydroxylation sites is 4. The van der Waals surface area contributed by atoms with Crippen molar-refractivity contribution < 1.29 is 0 Å². The Morgan fingerprint density at radius 3 is 2.14 bits per heavy atom. The molecule has 2 aromatic heterocycles. The van der Waals surface area contributed by atoms with E-state index in [0.29, 0.717) is 0 Å². The van der Waals surface area contributed by atoms with Crippen molar-refractivity contribution >= 4 is 66.6 Å². The highest BCUT2D eigenvalue weighted by Gasteiger charge is 2.34. The SMILES string of the molecule is Clc1ccccc1C1Nc2ccccc2NC1n1c2ccccc2c2ccc3c4ccccc4[nH]c3c21. The van der Waals surface area contributed by atoms with E-state index in [9.17, 15) is 0 Å². The van der Waals surface area contributed by atoms with Gasteiger partial charge in [-0.2, -0.15) is 0 Å². The van der Waals surface area contributed by atoms with Gasteiger partial charge in [0, 0.05) is 32.1 Å². The number of fused-ring (bicyclic) bond motifs is 8. The molecule has 0 bridgehead atoms. The summed E-state index contributed by atoms with van der Waals surface area (Å²) in [6.45, 7) is 0. The lowest BCUT2D eigenvalue weighted by atomic mass is 9.99. The summed E-state index contributed by atoms with van der Waals surface area (Å²) in [5, 5.41) is 13.4. The third-order valence-corrected chi connectivity index (χ3v) is 8.07. The number of aromatic nitrogens is 2. The van der Waals surface area contributed by atoms with Crippen molar-refractivity contribution in [2.24, 2.45) is 0 Å². The van der Waals surface area contributed by atoms with E-state index in [0.717, 1.165) is 33.0 Å². The zero-order valence-electron chi connectivity index (χ0n) is 19.9. The van der Waals surface area contributed by atoms with Crippen molar-refractivity contribution in [2.45, 2.75) is 12.2 Å². The highest BCUT2D eigenvalue weighted by Crippen LogP contribution is 2.46. The van der Waals surface area contributed by atoms with Gasteiger partial charge < -0.3 is 20.2 Å². The fourth-order valence-corrected chi connectivity index (χ4v) is 6.36. The maximum atomic E-state index is 6.81. The highest BCUT2D eigenvalue weighted by molar-refractivity contribution is 6.31. The van der Waals surface area contributed by atoms with E-state index < -0.39 is 0 Å². The van der Waals surface area contributed by atoms with Gasteiger partial charge in [0.25, 0.3) is 0 Å². The predicted octanol–water partition coefficient (Wildman–Crippen LogP) is 8.86. The molecule has 5 heteroatoms. The van der Waals surface area contributed by atoms with Gasteiger partial charge in [0.05, 0.1) is 34.0 Å². The molecule has 0 amide bonds. The van der Waals surface area contributed by atoms with Crippen molar-refractivity contribution in [3.8, 4) is 0 Å². The Balaban J connectivity index is 1.49. The van der Waals surface area contributed by atoms with Gasteiger partial charge in [-0.05, 0) is 35.9 Å². The summed E-state index contributed by atoms with van der Waals surface area (Å²) < 4.78 is 2.46. The second-order valence-corrected chi connectivity index (χ2v) is 10.1. The van der Waals surface area contributed by atoms with Gasteiger partial charge in [0.2, 0.25) is 0 Å². The lowest BCUT2D eigenvalue weighted by Gasteiger charge is -2.38. The van der Waals surface area contributed by atoms with Gasteiger partial charge in [-0.1, -0.05) is 90.5 Å². The summed E-state index contributed by atoms with van der Waals surface area (Å²) in [4.78, 5) is 3.75. The number of anilines is 2. The largest absolute Gasteiger partial charge is 0.373 e. The van der Waals surface area contributed by atoms with Crippen molar-refractivity contribution in [3.63, 3.8) is 0 Å². The fraction of sp³-hybridized carbons (Fsp3) is 0.0625. The van der Waals surface area contributed by atoms with E-state index in [2.05, 4.69) is 117 Å². The van der Waals surface area contributed by atoms with Gasteiger partial charge >= 0.3 is 0 Å². The summed E-state index contributed by atoms with van der Waals surface area (Å²) >= 11 is 6.81. The molecule has 178 valence electrons. The molecule has 5 aromatic carbocycles. The Labute approximate surface area is 218 Å². The number of nitrogens with one attached hydrogen (secondary N) is 3. The maximum Gasteiger partial charge on any atom is 0.129 e. The third-order valence-electron chi connectivity index (χ3n) is 7.73. The Kier molecular flexibility index (Phi) is 4.37. The fourth-order valence-electron chi connectivity index (χ4n) is 6.10. The van der Waals surface area contributed by atoms with E-state index in [1.54, 1.807) is 0 Å². The topological polar surface area (TPSA) is 44.8 Å². The van der Waals surface area contributed by atoms with Crippen LogP contribution in [0, 0.1) is 0 Å². The molecule has 8 rings (SSSR count). The molecule has 0 radical (unpaired) electrons.